The third-order valence-electron chi connectivity index (χ3n) is 11.9. The van der Waals surface area contributed by atoms with Gasteiger partial charge in [0.25, 0.3) is 0 Å². The van der Waals surface area contributed by atoms with Crippen LogP contribution >= 0.6 is 11.8 Å². The van der Waals surface area contributed by atoms with Gasteiger partial charge < -0.3 is 14.6 Å². The average Bonchev–Trinajstić information content (AvgIpc) is 3.19. The standard InChI is InChI=1S/C35H40F2O7S/c1-19-14-24-25-16-27(36)26-15-22(38)12-13-32(26,2)34(25,37)29(40)17-33(24,3)35(19,44-30(41)21-6-5-7-21)31(42)45-18-28(39)20-8-10-23(43-4)11-9-20/h8-13,15,19,21,24-25,27,29,40H,5-7,14,16-18H2,1-4H3/t19-,24+,25+,27+,29+,32+,33+,34+,35+/m1/s1. The van der Waals surface area contributed by atoms with Gasteiger partial charge in [-0.2, -0.15) is 0 Å². The second-order valence-electron chi connectivity index (χ2n) is 14.0. The Morgan fingerprint density at radius 3 is 2.40 bits per heavy atom. The number of rotatable bonds is 7. The molecule has 0 heterocycles. The maximum Gasteiger partial charge on any atom is 0.309 e. The zero-order valence-electron chi connectivity index (χ0n) is 26.0. The van der Waals surface area contributed by atoms with Gasteiger partial charge in [-0.25, -0.2) is 8.78 Å². The number of esters is 1. The SMILES string of the molecule is COc1ccc(C(=O)CSC(=O)[C@@]2(OC(=O)C3CCC3)[C@H](C)C[C@H]3[C@@H]4C[C@H](F)C5=CC(=O)C=C[C@]5(C)[C@@]4(F)[C@@H](O)C[C@@]32C)cc1. The molecule has 4 saturated carbocycles. The van der Waals surface area contributed by atoms with Gasteiger partial charge in [-0.1, -0.05) is 38.1 Å². The van der Waals surface area contributed by atoms with E-state index in [9.17, 15) is 24.3 Å². The Kier molecular flexibility index (Phi) is 7.95. The van der Waals surface area contributed by atoms with E-state index >= 15 is 8.78 Å². The molecule has 0 aromatic heterocycles. The molecule has 0 spiro atoms. The maximum absolute atomic E-state index is 17.7. The van der Waals surface area contributed by atoms with Crippen molar-refractivity contribution in [3.8, 4) is 5.75 Å². The van der Waals surface area contributed by atoms with Crippen molar-refractivity contribution < 1.29 is 42.5 Å². The molecule has 5 aliphatic carbocycles. The van der Waals surface area contributed by atoms with E-state index in [-0.39, 0.29) is 42.3 Å². The van der Waals surface area contributed by atoms with Crippen LogP contribution in [0.15, 0.2) is 48.1 Å². The van der Waals surface area contributed by atoms with Gasteiger partial charge >= 0.3 is 5.97 Å². The third kappa shape index (κ3) is 4.52. The second kappa shape index (κ2) is 11.1. The number of allylic oxidation sites excluding steroid dienone is 4. The maximum atomic E-state index is 17.7. The summed E-state index contributed by atoms with van der Waals surface area (Å²) in [6.45, 7) is 5.07. The van der Waals surface area contributed by atoms with Crippen molar-refractivity contribution in [1.29, 1.82) is 0 Å². The summed E-state index contributed by atoms with van der Waals surface area (Å²) in [5, 5.41) is 11.3. The number of fused-ring (bicyclic) bond motifs is 5. The van der Waals surface area contributed by atoms with Crippen molar-refractivity contribution in [3.05, 3.63) is 53.6 Å². The van der Waals surface area contributed by atoms with Crippen LogP contribution in [0, 0.1) is 34.5 Å². The lowest BCUT2D eigenvalue weighted by molar-refractivity contribution is -0.230. The van der Waals surface area contributed by atoms with E-state index in [4.69, 9.17) is 9.47 Å². The summed E-state index contributed by atoms with van der Waals surface area (Å²) in [5.74, 6) is -3.45. The summed E-state index contributed by atoms with van der Waals surface area (Å²) in [7, 11) is 1.52. The number of methoxy groups -OCH3 is 1. The fraction of sp³-hybridized carbons (Fsp3) is 0.600. The van der Waals surface area contributed by atoms with E-state index in [2.05, 4.69) is 0 Å². The van der Waals surface area contributed by atoms with Gasteiger partial charge in [-0.15, -0.1) is 0 Å². The molecular formula is C35H40F2O7S. The first kappa shape index (κ1) is 32.1. The van der Waals surface area contributed by atoms with Crippen LogP contribution in [0.3, 0.4) is 0 Å². The van der Waals surface area contributed by atoms with Gasteiger partial charge in [0, 0.05) is 28.2 Å². The predicted molar refractivity (Wildman–Crippen MR) is 164 cm³/mol. The molecule has 0 aliphatic heterocycles. The number of ether oxygens (including phenoxy) is 2. The van der Waals surface area contributed by atoms with Crippen molar-refractivity contribution in [2.75, 3.05) is 12.9 Å². The summed E-state index contributed by atoms with van der Waals surface area (Å²) in [4.78, 5) is 53.3. The highest BCUT2D eigenvalue weighted by Crippen LogP contribution is 2.72. The fourth-order valence-electron chi connectivity index (χ4n) is 9.20. The van der Waals surface area contributed by atoms with E-state index < -0.39 is 69.0 Å². The minimum Gasteiger partial charge on any atom is -0.497 e. The summed E-state index contributed by atoms with van der Waals surface area (Å²) in [5.41, 5.74) is -6.48. The number of aliphatic hydroxyl groups is 1. The topological polar surface area (TPSA) is 107 Å². The molecule has 5 aliphatic rings. The monoisotopic (exact) mass is 642 g/mol. The van der Waals surface area contributed by atoms with Crippen LogP contribution in [0.25, 0.3) is 0 Å². The number of carbonyl (C=O) groups is 4. The lowest BCUT2D eigenvalue weighted by atomic mass is 9.44. The highest BCUT2D eigenvalue weighted by molar-refractivity contribution is 8.14. The Labute approximate surface area is 266 Å². The number of aliphatic hydroxyl groups excluding tert-OH is 1. The average molecular weight is 643 g/mol. The van der Waals surface area contributed by atoms with E-state index in [0.717, 1.165) is 24.3 Å². The van der Waals surface area contributed by atoms with Gasteiger partial charge in [0.15, 0.2) is 22.8 Å². The number of ketones is 2. The van der Waals surface area contributed by atoms with E-state index in [1.54, 1.807) is 38.1 Å². The van der Waals surface area contributed by atoms with Crippen molar-refractivity contribution in [2.45, 2.75) is 82.8 Å². The van der Waals surface area contributed by atoms with Crippen LogP contribution in [0.1, 0.15) is 69.7 Å². The summed E-state index contributed by atoms with van der Waals surface area (Å²) in [6, 6.07) is 6.53. The van der Waals surface area contributed by atoms with Crippen molar-refractivity contribution >= 4 is 34.4 Å². The Morgan fingerprint density at radius 1 is 1.09 bits per heavy atom. The highest BCUT2D eigenvalue weighted by atomic mass is 32.2. The molecule has 9 atom stereocenters. The van der Waals surface area contributed by atoms with Gasteiger partial charge in [0.2, 0.25) is 5.12 Å². The van der Waals surface area contributed by atoms with Gasteiger partial charge in [0.1, 0.15) is 11.9 Å². The van der Waals surface area contributed by atoms with Crippen LogP contribution < -0.4 is 4.74 Å². The molecule has 0 unspecified atom stereocenters. The van der Waals surface area contributed by atoms with E-state index in [0.29, 0.717) is 24.2 Å². The highest BCUT2D eigenvalue weighted by Gasteiger charge is 2.78. The first-order valence-corrected chi connectivity index (χ1v) is 16.7. The Bertz CT molecular complexity index is 1490. The first-order chi connectivity index (χ1) is 21.2. The van der Waals surface area contributed by atoms with Gasteiger partial charge in [-0.05, 0) is 86.9 Å². The molecule has 7 nitrogen and oxygen atoms in total. The first-order valence-electron chi connectivity index (χ1n) is 15.8. The minimum atomic E-state index is -2.32. The zero-order valence-corrected chi connectivity index (χ0v) is 26.8. The smallest absolute Gasteiger partial charge is 0.309 e. The number of halogens is 2. The fourth-order valence-corrected chi connectivity index (χ4v) is 10.3. The van der Waals surface area contributed by atoms with E-state index in [1.165, 1.54) is 26.2 Å². The molecule has 0 radical (unpaired) electrons. The quantitative estimate of drug-likeness (QED) is 0.295. The molecule has 45 heavy (non-hydrogen) atoms. The summed E-state index contributed by atoms with van der Waals surface area (Å²) < 4.78 is 45.1. The molecule has 242 valence electrons. The summed E-state index contributed by atoms with van der Waals surface area (Å²) in [6.07, 6.45) is 2.41. The number of carbonyl (C=O) groups excluding carboxylic acids is 4. The van der Waals surface area contributed by atoms with Crippen LogP contribution in [-0.4, -0.2) is 64.2 Å². The predicted octanol–water partition coefficient (Wildman–Crippen LogP) is 5.78. The molecule has 6 rings (SSSR count). The molecular weight excluding hydrogens is 602 g/mol. The molecule has 1 aromatic rings. The second-order valence-corrected chi connectivity index (χ2v) is 15.0. The molecule has 1 N–H and O–H groups in total. The van der Waals surface area contributed by atoms with Crippen molar-refractivity contribution in [3.63, 3.8) is 0 Å². The van der Waals surface area contributed by atoms with Crippen LogP contribution in [0.5, 0.6) is 5.75 Å². The molecule has 4 fully saturated rings. The molecule has 0 amide bonds. The van der Waals surface area contributed by atoms with Gasteiger partial charge in [-0.3, -0.25) is 19.2 Å². The largest absolute Gasteiger partial charge is 0.497 e. The molecule has 0 bridgehead atoms. The molecule has 1 aromatic carbocycles. The van der Waals surface area contributed by atoms with E-state index in [1.807, 2.05) is 0 Å². The Hall–Kier alpha value is -2.85. The number of thioether (sulfide) groups is 1. The number of alkyl halides is 2. The normalized spacial score (nSPS) is 40.4. The van der Waals surface area contributed by atoms with Crippen LogP contribution in [-0.2, 0) is 19.1 Å². The van der Waals surface area contributed by atoms with Crippen molar-refractivity contribution in [2.24, 2.45) is 34.5 Å². The number of Topliss-reactive ketones (excluding diaryl/α,β-unsaturated/α-hetero) is 1. The van der Waals surface area contributed by atoms with Gasteiger partial charge in [0.05, 0.1) is 24.9 Å². The number of benzene rings is 1. The lowest BCUT2D eigenvalue weighted by Gasteiger charge is -2.63. The Balaban J connectivity index is 1.37. The lowest BCUT2D eigenvalue weighted by Crippen LogP contribution is -2.70. The van der Waals surface area contributed by atoms with Crippen LogP contribution in [0.4, 0.5) is 8.78 Å². The van der Waals surface area contributed by atoms with Crippen molar-refractivity contribution in [1.82, 2.24) is 0 Å². The van der Waals surface area contributed by atoms with Crippen LogP contribution in [0.2, 0.25) is 0 Å². The Morgan fingerprint density at radius 2 is 1.78 bits per heavy atom. The molecule has 10 heteroatoms. The molecule has 0 saturated heterocycles. The minimum absolute atomic E-state index is 0.0220. The zero-order chi connectivity index (χ0) is 32.5. The summed E-state index contributed by atoms with van der Waals surface area (Å²) >= 11 is 0.767. The number of hydrogen-bond acceptors (Lipinski definition) is 8. The number of hydrogen-bond donors (Lipinski definition) is 1. The third-order valence-corrected chi connectivity index (χ3v) is 12.9.